The van der Waals surface area contributed by atoms with Gasteiger partial charge in [0.25, 0.3) is 0 Å². The van der Waals surface area contributed by atoms with Gasteiger partial charge in [-0.15, -0.1) is 0 Å². The maximum atomic E-state index is 13.0. The number of hydrogen-bond donors (Lipinski definition) is 0. The third-order valence-electron chi connectivity index (χ3n) is 4.34. The van der Waals surface area contributed by atoms with E-state index in [4.69, 9.17) is 16.3 Å². The molecule has 0 aliphatic carbocycles. The molecule has 0 atom stereocenters. The van der Waals surface area contributed by atoms with Crippen molar-refractivity contribution < 1.29 is 17.9 Å². The number of ether oxygens (including phenoxy) is 1. The minimum atomic E-state index is -4.41. The van der Waals surface area contributed by atoms with Crippen LogP contribution in [0.3, 0.4) is 0 Å². The van der Waals surface area contributed by atoms with Gasteiger partial charge < -0.3 is 14.2 Å². The summed E-state index contributed by atoms with van der Waals surface area (Å²) in [5.74, 6) is 1.07. The lowest BCUT2D eigenvalue weighted by Gasteiger charge is -2.13. The molecule has 0 amide bonds. The number of hydrogen-bond acceptors (Lipinski definition) is 3. The fourth-order valence-corrected chi connectivity index (χ4v) is 3.16. The summed E-state index contributed by atoms with van der Waals surface area (Å²) in [6.07, 6.45) is -3.57. The van der Waals surface area contributed by atoms with Crippen molar-refractivity contribution in [2.75, 3.05) is 20.6 Å². The minimum absolute atomic E-state index is 0.113. The van der Waals surface area contributed by atoms with Gasteiger partial charge in [-0.05, 0) is 57.4 Å². The van der Waals surface area contributed by atoms with Gasteiger partial charge in [-0.2, -0.15) is 13.2 Å². The number of halogens is 4. The van der Waals surface area contributed by atoms with Crippen LogP contribution in [-0.2, 0) is 19.3 Å². The third kappa shape index (κ3) is 4.77. The van der Waals surface area contributed by atoms with Crippen LogP contribution in [0.25, 0.3) is 11.0 Å². The fourth-order valence-electron chi connectivity index (χ4n) is 2.96. The highest BCUT2D eigenvalue weighted by molar-refractivity contribution is 6.32. The molecule has 0 bridgehead atoms. The predicted octanol–water partition coefficient (Wildman–Crippen LogP) is 5.24. The van der Waals surface area contributed by atoms with Crippen LogP contribution >= 0.6 is 11.6 Å². The monoisotopic (exact) mass is 411 g/mol. The number of alkyl halides is 3. The summed E-state index contributed by atoms with van der Waals surface area (Å²) in [7, 11) is 3.95. The molecule has 8 heteroatoms. The molecular weight excluding hydrogens is 391 g/mol. The van der Waals surface area contributed by atoms with Crippen molar-refractivity contribution in [3.8, 4) is 5.75 Å². The highest BCUT2D eigenvalue weighted by Crippen LogP contribution is 2.32. The molecule has 0 fully saturated rings. The van der Waals surface area contributed by atoms with Crippen molar-refractivity contribution in [3.63, 3.8) is 0 Å². The Labute approximate surface area is 166 Å². The normalized spacial score (nSPS) is 12.1. The number of nitrogens with zero attached hydrogens (tertiary/aromatic N) is 3. The lowest BCUT2D eigenvalue weighted by Crippen LogP contribution is -2.16. The van der Waals surface area contributed by atoms with Gasteiger partial charge in [-0.3, -0.25) is 0 Å². The van der Waals surface area contributed by atoms with Crippen LogP contribution in [0.2, 0.25) is 5.02 Å². The van der Waals surface area contributed by atoms with E-state index in [2.05, 4.69) is 9.88 Å². The zero-order chi connectivity index (χ0) is 20.3. The van der Waals surface area contributed by atoms with Crippen molar-refractivity contribution in [3.05, 3.63) is 58.9 Å². The summed E-state index contributed by atoms with van der Waals surface area (Å²) in [5.41, 5.74) is 0.249. The second-order valence-electron chi connectivity index (χ2n) is 6.76. The Morgan fingerprint density at radius 3 is 2.57 bits per heavy atom. The van der Waals surface area contributed by atoms with Crippen molar-refractivity contribution >= 4 is 22.6 Å². The quantitative estimate of drug-likeness (QED) is 0.532. The van der Waals surface area contributed by atoms with Crippen LogP contribution in [0.15, 0.2) is 42.5 Å². The largest absolute Gasteiger partial charge is 0.484 e. The summed E-state index contributed by atoms with van der Waals surface area (Å²) in [5, 5.41) is 0.470. The number of fused-ring (bicyclic) bond motifs is 1. The zero-order valence-corrected chi connectivity index (χ0v) is 16.4. The van der Waals surface area contributed by atoms with E-state index in [1.54, 1.807) is 24.3 Å². The van der Waals surface area contributed by atoms with Gasteiger partial charge in [0.1, 0.15) is 18.2 Å². The summed E-state index contributed by atoms with van der Waals surface area (Å²) >= 11 is 6.12. The van der Waals surface area contributed by atoms with Gasteiger partial charge >= 0.3 is 6.18 Å². The Kier molecular flexibility index (Phi) is 6.15. The van der Waals surface area contributed by atoms with Gasteiger partial charge in [0.15, 0.2) is 0 Å². The molecule has 0 spiro atoms. The fraction of sp³-hybridized carbons (Fsp3) is 0.350. The lowest BCUT2D eigenvalue weighted by atomic mass is 10.2. The van der Waals surface area contributed by atoms with Crippen molar-refractivity contribution in [1.29, 1.82) is 0 Å². The summed E-state index contributed by atoms with van der Waals surface area (Å²) in [4.78, 5) is 6.47. The molecule has 0 saturated carbocycles. The summed E-state index contributed by atoms with van der Waals surface area (Å²) in [6, 6.07) is 10.7. The average Bonchev–Trinajstić information content (AvgIpc) is 2.97. The molecule has 150 valence electrons. The topological polar surface area (TPSA) is 30.3 Å². The zero-order valence-electron chi connectivity index (χ0n) is 15.6. The molecule has 0 unspecified atom stereocenters. The third-order valence-corrected chi connectivity index (χ3v) is 4.65. The molecule has 0 N–H and O–H groups in total. The molecule has 4 nitrogen and oxygen atoms in total. The SMILES string of the molecule is CN(C)CCCn1c(COc2ccccc2Cl)nc2cc(C(F)(F)F)ccc21. The molecule has 1 aromatic heterocycles. The first-order valence-electron chi connectivity index (χ1n) is 8.84. The van der Waals surface area contributed by atoms with Crippen molar-refractivity contribution in [2.24, 2.45) is 0 Å². The highest BCUT2D eigenvalue weighted by atomic mass is 35.5. The number of benzene rings is 2. The van der Waals surface area contributed by atoms with Gasteiger partial charge in [0, 0.05) is 6.54 Å². The van der Waals surface area contributed by atoms with E-state index in [0.29, 0.717) is 34.2 Å². The Balaban J connectivity index is 1.92. The Bertz CT molecular complexity index is 954. The van der Waals surface area contributed by atoms with E-state index >= 15 is 0 Å². The van der Waals surface area contributed by atoms with Crippen molar-refractivity contribution in [2.45, 2.75) is 25.7 Å². The first kappa shape index (κ1) is 20.5. The van der Waals surface area contributed by atoms with Gasteiger partial charge in [-0.25, -0.2) is 4.98 Å². The smallest absolute Gasteiger partial charge is 0.416 e. The maximum Gasteiger partial charge on any atom is 0.416 e. The molecule has 0 aliphatic heterocycles. The second kappa shape index (κ2) is 8.41. The molecule has 3 aromatic rings. The highest BCUT2D eigenvalue weighted by Gasteiger charge is 2.31. The summed E-state index contributed by atoms with van der Waals surface area (Å²) < 4.78 is 46.8. The van der Waals surface area contributed by atoms with E-state index in [1.807, 2.05) is 18.7 Å². The molecule has 0 radical (unpaired) electrons. The Morgan fingerprint density at radius 1 is 1.14 bits per heavy atom. The van der Waals surface area contributed by atoms with E-state index in [-0.39, 0.29) is 6.61 Å². The average molecular weight is 412 g/mol. The van der Waals surface area contributed by atoms with E-state index < -0.39 is 11.7 Å². The Hall–Kier alpha value is -2.25. The number of aromatic nitrogens is 2. The van der Waals surface area contributed by atoms with Crippen LogP contribution in [-0.4, -0.2) is 35.1 Å². The molecule has 0 aliphatic rings. The molecule has 0 saturated heterocycles. The number of rotatable bonds is 7. The minimum Gasteiger partial charge on any atom is -0.484 e. The summed E-state index contributed by atoms with van der Waals surface area (Å²) in [6.45, 7) is 1.59. The van der Waals surface area contributed by atoms with Crippen molar-refractivity contribution in [1.82, 2.24) is 14.5 Å². The molecule has 2 aromatic carbocycles. The standard InChI is InChI=1S/C20H21ClF3N3O/c1-26(2)10-5-11-27-17-9-8-14(20(22,23)24)12-16(17)25-19(27)13-28-18-7-4-3-6-15(18)21/h3-4,6-9,12H,5,10-11,13H2,1-2H3. The van der Waals surface area contributed by atoms with Gasteiger partial charge in [0.05, 0.1) is 21.6 Å². The van der Waals surface area contributed by atoms with Gasteiger partial charge in [-0.1, -0.05) is 23.7 Å². The number of aryl methyl sites for hydroxylation is 1. The van der Waals surface area contributed by atoms with E-state index in [0.717, 1.165) is 25.1 Å². The number of imidazole rings is 1. The van der Waals surface area contributed by atoms with Gasteiger partial charge in [0.2, 0.25) is 0 Å². The molecular formula is C20H21ClF3N3O. The van der Waals surface area contributed by atoms with Crippen LogP contribution in [0.4, 0.5) is 13.2 Å². The molecule has 28 heavy (non-hydrogen) atoms. The van der Waals surface area contributed by atoms with Crippen LogP contribution < -0.4 is 4.74 Å². The Morgan fingerprint density at radius 2 is 1.89 bits per heavy atom. The van der Waals surface area contributed by atoms with Crippen LogP contribution in [0.5, 0.6) is 5.75 Å². The van der Waals surface area contributed by atoms with E-state index in [9.17, 15) is 13.2 Å². The van der Waals surface area contributed by atoms with E-state index in [1.165, 1.54) is 6.07 Å². The maximum absolute atomic E-state index is 13.0. The lowest BCUT2D eigenvalue weighted by molar-refractivity contribution is -0.137. The first-order valence-corrected chi connectivity index (χ1v) is 9.22. The second-order valence-corrected chi connectivity index (χ2v) is 7.16. The molecule has 1 heterocycles. The van der Waals surface area contributed by atoms with Crippen LogP contribution in [0, 0.1) is 0 Å². The predicted molar refractivity (Wildman–Crippen MR) is 104 cm³/mol. The van der Waals surface area contributed by atoms with Crippen LogP contribution in [0.1, 0.15) is 17.8 Å². The molecule has 3 rings (SSSR count). The number of para-hydroxylation sites is 1. The first-order chi connectivity index (χ1) is 13.3.